The number of carbonyl (C=O) groups is 1. The van der Waals surface area contributed by atoms with Gasteiger partial charge >= 0.3 is 0 Å². The van der Waals surface area contributed by atoms with Crippen LogP contribution in [0.5, 0.6) is 0 Å². The normalized spacial score (nSPS) is 19.0. The summed E-state index contributed by atoms with van der Waals surface area (Å²) < 4.78 is 0. The molecule has 0 aliphatic carbocycles. The highest BCUT2D eigenvalue weighted by Gasteiger charge is 2.24. The van der Waals surface area contributed by atoms with Gasteiger partial charge in [-0.3, -0.25) is 4.79 Å². The van der Waals surface area contributed by atoms with Crippen molar-refractivity contribution in [2.75, 3.05) is 6.54 Å². The lowest BCUT2D eigenvalue weighted by Crippen LogP contribution is -2.43. The Morgan fingerprint density at radius 2 is 1.52 bits per heavy atom. The van der Waals surface area contributed by atoms with Gasteiger partial charge in [-0.15, -0.1) is 0 Å². The van der Waals surface area contributed by atoms with Gasteiger partial charge in [0.15, 0.2) is 0 Å². The highest BCUT2D eigenvalue weighted by Crippen LogP contribution is 2.21. The minimum Gasteiger partial charge on any atom is -0.340 e. The molecule has 0 spiro atoms. The van der Waals surface area contributed by atoms with Crippen molar-refractivity contribution in [2.45, 2.75) is 110 Å². The summed E-state index contributed by atoms with van der Waals surface area (Å²) in [6, 6.07) is 0.532. The predicted octanol–water partition coefficient (Wildman–Crippen LogP) is 5.70. The summed E-state index contributed by atoms with van der Waals surface area (Å²) in [5, 5.41) is 0. The molecule has 1 aliphatic heterocycles. The van der Waals surface area contributed by atoms with Gasteiger partial charge in [0.25, 0.3) is 0 Å². The van der Waals surface area contributed by atoms with Crippen LogP contribution in [0, 0.1) is 0 Å². The molecule has 0 radical (unpaired) electrons. The van der Waals surface area contributed by atoms with Crippen LogP contribution in [0.15, 0.2) is 0 Å². The number of unbranched alkanes of at least 4 members (excludes halogenated alkanes) is 8. The van der Waals surface area contributed by atoms with Crippen molar-refractivity contribution in [3.8, 4) is 0 Å². The average Bonchev–Trinajstić information content (AvgIpc) is 2.53. The van der Waals surface area contributed by atoms with Gasteiger partial charge in [-0.2, -0.15) is 0 Å². The first-order valence-electron chi connectivity index (χ1n) is 9.59. The van der Waals surface area contributed by atoms with Crippen LogP contribution in [0.25, 0.3) is 0 Å². The summed E-state index contributed by atoms with van der Waals surface area (Å²) in [6.45, 7) is 5.49. The minimum atomic E-state index is 0.421. The molecule has 1 rings (SSSR count). The van der Waals surface area contributed by atoms with Crippen molar-refractivity contribution in [3.05, 3.63) is 0 Å². The Balaban J connectivity index is 2.00. The number of carbonyl (C=O) groups excluding carboxylic acids is 1. The maximum Gasteiger partial charge on any atom is 0.222 e. The lowest BCUT2D eigenvalue weighted by Gasteiger charge is -2.35. The quantitative estimate of drug-likeness (QED) is 0.448. The standard InChI is InChI=1S/C19H37NO/c1-3-5-6-7-8-9-10-11-12-16-19(21)20-17-14-13-15-18(20)4-2/h18H,3-17H2,1-2H3. The first-order chi connectivity index (χ1) is 10.3. The first kappa shape index (κ1) is 18.5. The molecule has 0 aromatic rings. The maximum atomic E-state index is 12.3. The van der Waals surface area contributed by atoms with Crippen LogP contribution in [0.4, 0.5) is 0 Å². The number of rotatable bonds is 11. The Hall–Kier alpha value is -0.530. The molecular formula is C19H37NO. The lowest BCUT2D eigenvalue weighted by molar-refractivity contribution is -0.135. The third-order valence-electron chi connectivity index (χ3n) is 4.91. The number of hydrogen-bond acceptors (Lipinski definition) is 1. The van der Waals surface area contributed by atoms with Crippen molar-refractivity contribution in [1.82, 2.24) is 4.90 Å². The third kappa shape index (κ3) is 7.87. The number of likely N-dealkylation sites (tertiary alicyclic amines) is 1. The zero-order valence-electron chi connectivity index (χ0n) is 14.5. The van der Waals surface area contributed by atoms with Crippen molar-refractivity contribution < 1.29 is 4.79 Å². The monoisotopic (exact) mass is 295 g/mol. The molecule has 1 unspecified atom stereocenters. The van der Waals surface area contributed by atoms with Crippen molar-refractivity contribution >= 4 is 5.91 Å². The summed E-state index contributed by atoms with van der Waals surface area (Å²) in [4.78, 5) is 14.5. The van der Waals surface area contributed by atoms with Gasteiger partial charge in [-0.25, -0.2) is 0 Å². The van der Waals surface area contributed by atoms with E-state index in [1.165, 1.54) is 70.6 Å². The van der Waals surface area contributed by atoms with Crippen LogP contribution in [-0.2, 0) is 4.79 Å². The third-order valence-corrected chi connectivity index (χ3v) is 4.91. The van der Waals surface area contributed by atoms with E-state index in [2.05, 4.69) is 18.7 Å². The van der Waals surface area contributed by atoms with Crippen molar-refractivity contribution in [2.24, 2.45) is 0 Å². The molecule has 1 heterocycles. The van der Waals surface area contributed by atoms with Crippen molar-refractivity contribution in [1.29, 1.82) is 0 Å². The summed E-state index contributed by atoms with van der Waals surface area (Å²) >= 11 is 0. The highest BCUT2D eigenvalue weighted by atomic mass is 16.2. The molecule has 0 aromatic heterocycles. The fourth-order valence-corrected chi connectivity index (χ4v) is 3.48. The fraction of sp³-hybridized carbons (Fsp3) is 0.947. The largest absolute Gasteiger partial charge is 0.340 e. The van der Waals surface area contributed by atoms with Gasteiger partial charge in [0.2, 0.25) is 5.91 Å². The first-order valence-corrected chi connectivity index (χ1v) is 9.59. The Kier molecular flexibility index (Phi) is 10.6. The molecule has 0 saturated carbocycles. The topological polar surface area (TPSA) is 20.3 Å². The molecule has 0 N–H and O–H groups in total. The summed E-state index contributed by atoms with van der Waals surface area (Å²) in [5.74, 6) is 0.421. The lowest BCUT2D eigenvalue weighted by atomic mass is 9.99. The SMILES string of the molecule is CCCCCCCCCCCC(=O)N1CCCCC1CC. The number of piperidine rings is 1. The molecule has 2 nitrogen and oxygen atoms in total. The van der Waals surface area contributed by atoms with E-state index >= 15 is 0 Å². The fourth-order valence-electron chi connectivity index (χ4n) is 3.48. The van der Waals surface area contributed by atoms with E-state index in [0.29, 0.717) is 11.9 Å². The second kappa shape index (κ2) is 12.1. The van der Waals surface area contributed by atoms with Gasteiger partial charge in [0, 0.05) is 19.0 Å². The molecular weight excluding hydrogens is 258 g/mol. The van der Waals surface area contributed by atoms with Gasteiger partial charge in [0.1, 0.15) is 0 Å². The molecule has 1 saturated heterocycles. The molecule has 1 amide bonds. The second-order valence-corrected chi connectivity index (χ2v) is 6.72. The molecule has 0 aromatic carbocycles. The van der Waals surface area contributed by atoms with E-state index in [4.69, 9.17) is 0 Å². The maximum absolute atomic E-state index is 12.3. The summed E-state index contributed by atoms with van der Waals surface area (Å²) in [6.07, 6.45) is 17.6. The van der Waals surface area contributed by atoms with Crippen LogP contribution in [-0.4, -0.2) is 23.4 Å². The summed E-state index contributed by atoms with van der Waals surface area (Å²) in [7, 11) is 0. The van der Waals surface area contributed by atoms with E-state index in [9.17, 15) is 4.79 Å². The molecule has 2 heteroatoms. The van der Waals surface area contributed by atoms with Gasteiger partial charge in [0.05, 0.1) is 0 Å². The van der Waals surface area contributed by atoms with E-state index in [1.807, 2.05) is 0 Å². The smallest absolute Gasteiger partial charge is 0.222 e. The molecule has 21 heavy (non-hydrogen) atoms. The predicted molar refractivity (Wildman–Crippen MR) is 91.5 cm³/mol. The minimum absolute atomic E-state index is 0.421. The van der Waals surface area contributed by atoms with Gasteiger partial charge < -0.3 is 4.90 Å². The number of nitrogens with zero attached hydrogens (tertiary/aromatic N) is 1. The zero-order valence-corrected chi connectivity index (χ0v) is 14.5. The highest BCUT2D eigenvalue weighted by molar-refractivity contribution is 5.76. The molecule has 1 atom stereocenters. The van der Waals surface area contributed by atoms with Crippen LogP contribution >= 0.6 is 0 Å². The average molecular weight is 296 g/mol. The molecule has 124 valence electrons. The van der Waals surface area contributed by atoms with E-state index in [1.54, 1.807) is 0 Å². The van der Waals surface area contributed by atoms with E-state index in [-0.39, 0.29) is 0 Å². The van der Waals surface area contributed by atoms with Gasteiger partial charge in [-0.05, 0) is 32.1 Å². The van der Waals surface area contributed by atoms with Crippen LogP contribution in [0.3, 0.4) is 0 Å². The van der Waals surface area contributed by atoms with Crippen LogP contribution in [0.2, 0.25) is 0 Å². The Morgan fingerprint density at radius 1 is 0.905 bits per heavy atom. The molecule has 0 bridgehead atoms. The number of amides is 1. The van der Waals surface area contributed by atoms with Crippen molar-refractivity contribution in [3.63, 3.8) is 0 Å². The number of hydrogen-bond donors (Lipinski definition) is 0. The molecule has 1 fully saturated rings. The van der Waals surface area contributed by atoms with Crippen LogP contribution < -0.4 is 0 Å². The molecule has 1 aliphatic rings. The second-order valence-electron chi connectivity index (χ2n) is 6.72. The Bertz CT molecular complexity index is 264. The van der Waals surface area contributed by atoms with E-state index in [0.717, 1.165) is 25.8 Å². The Labute approximate surface area is 132 Å². The van der Waals surface area contributed by atoms with E-state index < -0.39 is 0 Å². The Morgan fingerprint density at radius 3 is 2.14 bits per heavy atom. The van der Waals surface area contributed by atoms with Crippen LogP contribution in [0.1, 0.15) is 104 Å². The zero-order chi connectivity index (χ0) is 15.3. The summed E-state index contributed by atoms with van der Waals surface area (Å²) in [5.41, 5.74) is 0. The van der Waals surface area contributed by atoms with Gasteiger partial charge in [-0.1, -0.05) is 65.2 Å².